The summed E-state index contributed by atoms with van der Waals surface area (Å²) in [7, 11) is 0. The molecule has 0 aromatic heterocycles. The molecule has 0 spiro atoms. The van der Waals surface area contributed by atoms with Gasteiger partial charge in [-0.2, -0.15) is 0 Å². The van der Waals surface area contributed by atoms with Crippen LogP contribution in [0.3, 0.4) is 0 Å². The molecule has 0 radical (unpaired) electrons. The van der Waals surface area contributed by atoms with Gasteiger partial charge in [-0.05, 0) is 12.8 Å². The van der Waals surface area contributed by atoms with Gasteiger partial charge < -0.3 is 5.11 Å². The van der Waals surface area contributed by atoms with Crippen molar-refractivity contribution >= 4 is 11.6 Å². The first-order valence-corrected chi connectivity index (χ1v) is 3.68. The molecular weight excluding hydrogens is 144 g/mol. The van der Waals surface area contributed by atoms with Crippen LogP contribution in [-0.2, 0) is 9.59 Å². The second-order valence-electron chi connectivity index (χ2n) is 3.06. The molecule has 0 heterocycles. The van der Waals surface area contributed by atoms with Gasteiger partial charge in [-0.15, -0.1) is 0 Å². The minimum absolute atomic E-state index is 0.0336. The van der Waals surface area contributed by atoms with Gasteiger partial charge in [-0.3, -0.25) is 9.59 Å². The van der Waals surface area contributed by atoms with E-state index in [0.717, 1.165) is 0 Å². The fourth-order valence-electron chi connectivity index (χ4n) is 1.78. The Bertz CT molecular complexity index is 265. The van der Waals surface area contributed by atoms with Gasteiger partial charge in [-0.25, -0.2) is 0 Å². The number of rotatable bonds is 0. The number of allylic oxidation sites excluding steroid dienone is 2. The van der Waals surface area contributed by atoms with Crippen molar-refractivity contribution in [3.05, 3.63) is 11.8 Å². The van der Waals surface area contributed by atoms with Gasteiger partial charge >= 0.3 is 0 Å². The summed E-state index contributed by atoms with van der Waals surface area (Å²) in [6.07, 6.45) is 2.45. The Hall–Kier alpha value is -1.12. The summed E-state index contributed by atoms with van der Waals surface area (Å²) in [6.45, 7) is 0. The van der Waals surface area contributed by atoms with Crippen LogP contribution in [-0.4, -0.2) is 16.7 Å². The van der Waals surface area contributed by atoms with Crippen LogP contribution in [0.25, 0.3) is 0 Å². The van der Waals surface area contributed by atoms with E-state index in [4.69, 9.17) is 5.11 Å². The highest BCUT2D eigenvalue weighted by Gasteiger charge is 2.43. The molecule has 11 heavy (non-hydrogen) atoms. The molecule has 2 rings (SSSR count). The summed E-state index contributed by atoms with van der Waals surface area (Å²) in [5, 5.41) is 9.16. The maximum atomic E-state index is 11.2. The lowest BCUT2D eigenvalue weighted by Gasteiger charge is -2.12. The molecule has 1 saturated carbocycles. The van der Waals surface area contributed by atoms with E-state index in [-0.39, 0.29) is 23.2 Å². The lowest BCUT2D eigenvalue weighted by atomic mass is 9.91. The van der Waals surface area contributed by atoms with Crippen LogP contribution in [0, 0.1) is 11.8 Å². The lowest BCUT2D eigenvalue weighted by Crippen LogP contribution is -2.27. The minimum atomic E-state index is -0.434. The Morgan fingerprint density at radius 3 is 2.64 bits per heavy atom. The quantitative estimate of drug-likeness (QED) is 0.517. The number of aliphatic hydroxyl groups excluding tert-OH is 1. The lowest BCUT2D eigenvalue weighted by molar-refractivity contribution is -0.131. The first-order chi connectivity index (χ1) is 5.20. The Balaban J connectivity index is 2.46. The zero-order valence-electron chi connectivity index (χ0n) is 5.91. The summed E-state index contributed by atoms with van der Waals surface area (Å²) >= 11 is 0. The molecule has 2 aliphatic rings. The summed E-state index contributed by atoms with van der Waals surface area (Å²) in [5.74, 6) is -1.14. The zero-order valence-corrected chi connectivity index (χ0v) is 5.91. The predicted molar refractivity (Wildman–Crippen MR) is 36.9 cm³/mol. The molecule has 2 atom stereocenters. The van der Waals surface area contributed by atoms with Crippen LogP contribution in [0.5, 0.6) is 0 Å². The van der Waals surface area contributed by atoms with Crippen LogP contribution in [0.2, 0.25) is 0 Å². The van der Waals surface area contributed by atoms with Crippen molar-refractivity contribution in [2.75, 3.05) is 0 Å². The number of fused-ring (bicyclic) bond motifs is 2. The van der Waals surface area contributed by atoms with Crippen LogP contribution >= 0.6 is 0 Å². The largest absolute Gasteiger partial charge is 0.511 e. The summed E-state index contributed by atoms with van der Waals surface area (Å²) < 4.78 is 0. The highest BCUT2D eigenvalue weighted by molar-refractivity contribution is 6.13. The highest BCUT2D eigenvalue weighted by Crippen LogP contribution is 2.36. The Kier molecular flexibility index (Phi) is 1.16. The number of Topliss-reactive ketones (excluding diaryl/α,β-unsaturated/α-hetero) is 1. The third kappa shape index (κ3) is 0.737. The molecular formula is C8H8O3. The Morgan fingerprint density at radius 1 is 1.27 bits per heavy atom. The van der Waals surface area contributed by atoms with Gasteiger partial charge in [0.1, 0.15) is 5.76 Å². The first kappa shape index (κ1) is 6.58. The van der Waals surface area contributed by atoms with Gasteiger partial charge in [-0.1, -0.05) is 0 Å². The third-order valence-corrected chi connectivity index (χ3v) is 2.42. The molecule has 2 bridgehead atoms. The van der Waals surface area contributed by atoms with E-state index in [9.17, 15) is 9.59 Å². The molecule has 0 aromatic carbocycles. The number of hydrogen-bond donors (Lipinski definition) is 1. The average Bonchev–Trinajstić information content (AvgIpc) is 2.22. The summed E-state index contributed by atoms with van der Waals surface area (Å²) in [4.78, 5) is 22.2. The van der Waals surface area contributed by atoms with Crippen molar-refractivity contribution in [1.29, 1.82) is 0 Å². The van der Waals surface area contributed by atoms with Crippen LogP contribution in [0.15, 0.2) is 11.8 Å². The number of aliphatic hydroxyl groups is 1. The van der Waals surface area contributed by atoms with E-state index >= 15 is 0 Å². The Labute approximate surface area is 63.7 Å². The van der Waals surface area contributed by atoms with E-state index in [2.05, 4.69) is 0 Å². The summed E-state index contributed by atoms with van der Waals surface area (Å²) in [6, 6.07) is 0. The van der Waals surface area contributed by atoms with Gasteiger partial charge in [0, 0.05) is 6.08 Å². The van der Waals surface area contributed by atoms with Crippen molar-refractivity contribution in [1.82, 2.24) is 0 Å². The first-order valence-electron chi connectivity index (χ1n) is 3.68. The maximum absolute atomic E-state index is 11.2. The molecule has 2 unspecified atom stereocenters. The van der Waals surface area contributed by atoms with Crippen molar-refractivity contribution in [2.45, 2.75) is 12.8 Å². The van der Waals surface area contributed by atoms with Gasteiger partial charge in [0.15, 0.2) is 11.6 Å². The van der Waals surface area contributed by atoms with E-state index in [1.165, 1.54) is 6.08 Å². The normalized spacial score (nSPS) is 35.8. The van der Waals surface area contributed by atoms with E-state index in [1.54, 1.807) is 0 Å². The second kappa shape index (κ2) is 1.94. The van der Waals surface area contributed by atoms with E-state index in [0.29, 0.717) is 12.8 Å². The fraction of sp³-hybridized carbons (Fsp3) is 0.500. The van der Waals surface area contributed by atoms with Gasteiger partial charge in [0.25, 0.3) is 0 Å². The molecule has 1 N–H and O–H groups in total. The number of ketones is 2. The minimum Gasteiger partial charge on any atom is -0.511 e. The molecule has 58 valence electrons. The Morgan fingerprint density at radius 2 is 1.91 bits per heavy atom. The number of carbonyl (C=O) groups is 2. The van der Waals surface area contributed by atoms with Crippen molar-refractivity contribution in [3.63, 3.8) is 0 Å². The average molecular weight is 152 g/mol. The molecule has 2 aliphatic carbocycles. The number of carbonyl (C=O) groups excluding carboxylic acids is 2. The smallest absolute Gasteiger partial charge is 0.169 e. The molecule has 1 fully saturated rings. The molecule has 0 saturated heterocycles. The van der Waals surface area contributed by atoms with Crippen molar-refractivity contribution in [3.8, 4) is 0 Å². The molecule has 0 aliphatic heterocycles. The topological polar surface area (TPSA) is 54.4 Å². The van der Waals surface area contributed by atoms with Crippen LogP contribution in [0.1, 0.15) is 12.8 Å². The zero-order chi connectivity index (χ0) is 8.01. The highest BCUT2D eigenvalue weighted by atomic mass is 16.3. The van der Waals surface area contributed by atoms with E-state index in [1.807, 2.05) is 0 Å². The fourth-order valence-corrected chi connectivity index (χ4v) is 1.78. The number of hydrogen-bond acceptors (Lipinski definition) is 3. The molecule has 0 aromatic rings. The molecule has 0 amide bonds. The standard InChI is InChI=1S/C8H8O3/c9-6-3-7(10)5-2-1-4(6)8(5)11/h3-5,9H,1-2H2. The maximum Gasteiger partial charge on any atom is 0.169 e. The monoisotopic (exact) mass is 152 g/mol. The molecule has 3 nitrogen and oxygen atoms in total. The summed E-state index contributed by atoms with van der Waals surface area (Å²) in [5.41, 5.74) is 0. The second-order valence-corrected chi connectivity index (χ2v) is 3.06. The SMILES string of the molecule is O=C1C=C(O)C2CCC1C2=O. The van der Waals surface area contributed by atoms with E-state index < -0.39 is 5.92 Å². The predicted octanol–water partition coefficient (Wildman–Crippen LogP) is 0.606. The van der Waals surface area contributed by atoms with Crippen LogP contribution in [0.4, 0.5) is 0 Å². The molecule has 3 heteroatoms. The van der Waals surface area contributed by atoms with Crippen molar-refractivity contribution < 1.29 is 14.7 Å². The van der Waals surface area contributed by atoms with Crippen molar-refractivity contribution in [2.24, 2.45) is 11.8 Å². The third-order valence-electron chi connectivity index (χ3n) is 2.42. The van der Waals surface area contributed by atoms with Crippen LogP contribution < -0.4 is 0 Å². The van der Waals surface area contributed by atoms with Gasteiger partial charge in [0.2, 0.25) is 0 Å². The van der Waals surface area contributed by atoms with Gasteiger partial charge in [0.05, 0.1) is 11.8 Å².